The minimum Gasteiger partial charge on any atom is -0.289 e. The maximum atomic E-state index is 12.7. The first-order chi connectivity index (χ1) is 10.8. The first kappa shape index (κ1) is 12.7. The van der Waals surface area contributed by atoms with Crippen molar-refractivity contribution < 1.29 is 9.59 Å². The predicted octanol–water partition coefficient (Wildman–Crippen LogP) is 4.10. The van der Waals surface area contributed by atoms with Gasteiger partial charge >= 0.3 is 0 Å². The SMILES string of the molecule is O=C1C(=C2C=Cc3ccccc3C2=O)C=Cc2ccccc21. The van der Waals surface area contributed by atoms with Crippen molar-refractivity contribution in [3.05, 3.63) is 94.1 Å². The van der Waals surface area contributed by atoms with Crippen LogP contribution in [0.15, 0.2) is 71.8 Å². The molecule has 0 N–H and O–H groups in total. The number of carbonyl (C=O) groups excluding carboxylic acids is 2. The molecule has 0 radical (unpaired) electrons. The van der Waals surface area contributed by atoms with Crippen molar-refractivity contribution in [1.29, 1.82) is 0 Å². The Hall–Kier alpha value is -3.00. The van der Waals surface area contributed by atoms with Gasteiger partial charge in [0.2, 0.25) is 0 Å². The molecule has 0 unspecified atom stereocenters. The van der Waals surface area contributed by atoms with Gasteiger partial charge in [-0.05, 0) is 23.3 Å². The van der Waals surface area contributed by atoms with Crippen LogP contribution in [-0.2, 0) is 0 Å². The Labute approximate surface area is 128 Å². The number of ketones is 2. The highest BCUT2D eigenvalue weighted by molar-refractivity contribution is 6.24. The third-order valence-corrected chi connectivity index (χ3v) is 4.05. The molecular weight excluding hydrogens is 272 g/mol. The van der Waals surface area contributed by atoms with Crippen LogP contribution in [-0.4, -0.2) is 11.6 Å². The summed E-state index contributed by atoms with van der Waals surface area (Å²) in [5, 5.41) is 0. The highest BCUT2D eigenvalue weighted by Crippen LogP contribution is 2.30. The highest BCUT2D eigenvalue weighted by atomic mass is 16.1. The van der Waals surface area contributed by atoms with Crippen molar-refractivity contribution >= 4 is 23.7 Å². The third kappa shape index (κ3) is 1.81. The molecule has 0 saturated heterocycles. The molecule has 2 aliphatic rings. The molecule has 0 bridgehead atoms. The number of allylic oxidation sites excluding steroid dienone is 4. The van der Waals surface area contributed by atoms with E-state index in [-0.39, 0.29) is 11.6 Å². The molecule has 0 fully saturated rings. The van der Waals surface area contributed by atoms with Gasteiger partial charge in [-0.2, -0.15) is 0 Å². The number of rotatable bonds is 0. The van der Waals surface area contributed by atoms with Crippen molar-refractivity contribution in [3.63, 3.8) is 0 Å². The lowest BCUT2D eigenvalue weighted by Gasteiger charge is -2.17. The number of benzene rings is 2. The Kier molecular flexibility index (Phi) is 2.76. The summed E-state index contributed by atoms with van der Waals surface area (Å²) in [6, 6.07) is 14.9. The molecule has 0 heterocycles. The van der Waals surface area contributed by atoms with Gasteiger partial charge in [0.1, 0.15) is 0 Å². The molecule has 104 valence electrons. The molecule has 2 aliphatic carbocycles. The minimum absolute atomic E-state index is 0.0921. The van der Waals surface area contributed by atoms with Gasteiger partial charge in [0.05, 0.1) is 0 Å². The Balaban J connectivity index is 1.88. The molecule has 2 aromatic carbocycles. The zero-order valence-corrected chi connectivity index (χ0v) is 11.7. The van der Waals surface area contributed by atoms with E-state index in [4.69, 9.17) is 0 Å². The summed E-state index contributed by atoms with van der Waals surface area (Å²) in [6.45, 7) is 0. The van der Waals surface area contributed by atoms with Gasteiger partial charge in [0, 0.05) is 22.3 Å². The van der Waals surface area contributed by atoms with E-state index in [1.54, 1.807) is 24.3 Å². The maximum absolute atomic E-state index is 12.7. The van der Waals surface area contributed by atoms with Gasteiger partial charge in [-0.1, -0.05) is 60.7 Å². The molecule has 0 spiro atoms. The van der Waals surface area contributed by atoms with E-state index in [0.717, 1.165) is 11.1 Å². The highest BCUT2D eigenvalue weighted by Gasteiger charge is 2.26. The fourth-order valence-corrected chi connectivity index (χ4v) is 2.91. The van der Waals surface area contributed by atoms with Crippen molar-refractivity contribution in [2.75, 3.05) is 0 Å². The quantitative estimate of drug-likeness (QED) is 0.682. The molecule has 0 aromatic heterocycles. The fourth-order valence-electron chi connectivity index (χ4n) is 2.91. The zero-order valence-electron chi connectivity index (χ0n) is 11.7. The van der Waals surface area contributed by atoms with Crippen molar-refractivity contribution in [2.24, 2.45) is 0 Å². The Bertz CT molecular complexity index is 835. The van der Waals surface area contributed by atoms with Crippen LogP contribution in [0.2, 0.25) is 0 Å². The van der Waals surface area contributed by atoms with Gasteiger partial charge in [0.25, 0.3) is 0 Å². The van der Waals surface area contributed by atoms with E-state index in [9.17, 15) is 9.59 Å². The van der Waals surface area contributed by atoms with E-state index in [1.807, 2.05) is 48.6 Å². The number of Topliss-reactive ketones (excluding diaryl/α,β-unsaturated/α-hetero) is 2. The molecule has 0 atom stereocenters. The van der Waals surface area contributed by atoms with E-state index >= 15 is 0 Å². The van der Waals surface area contributed by atoms with Crippen molar-refractivity contribution in [2.45, 2.75) is 0 Å². The molecular formula is C20H12O2. The average molecular weight is 284 g/mol. The van der Waals surface area contributed by atoms with Crippen LogP contribution in [0.3, 0.4) is 0 Å². The number of hydrogen-bond donors (Lipinski definition) is 0. The molecule has 0 aliphatic heterocycles. The Morgan fingerprint density at radius 1 is 0.500 bits per heavy atom. The normalized spacial score (nSPS) is 19.1. The molecule has 0 amide bonds. The number of fused-ring (bicyclic) bond motifs is 2. The van der Waals surface area contributed by atoms with Crippen LogP contribution in [0.25, 0.3) is 12.2 Å². The van der Waals surface area contributed by atoms with Crippen LogP contribution in [0.1, 0.15) is 31.8 Å². The van der Waals surface area contributed by atoms with Gasteiger partial charge < -0.3 is 0 Å². The van der Waals surface area contributed by atoms with Crippen molar-refractivity contribution in [3.8, 4) is 0 Å². The molecule has 2 heteroatoms. The zero-order chi connectivity index (χ0) is 15.1. The number of carbonyl (C=O) groups is 2. The lowest BCUT2D eigenvalue weighted by Crippen LogP contribution is -2.16. The van der Waals surface area contributed by atoms with Gasteiger partial charge in [-0.25, -0.2) is 0 Å². The summed E-state index contributed by atoms with van der Waals surface area (Å²) < 4.78 is 0. The van der Waals surface area contributed by atoms with Crippen LogP contribution in [0.5, 0.6) is 0 Å². The summed E-state index contributed by atoms with van der Waals surface area (Å²) in [7, 11) is 0. The van der Waals surface area contributed by atoms with Gasteiger partial charge in [-0.3, -0.25) is 9.59 Å². The fraction of sp³-hybridized carbons (Fsp3) is 0. The van der Waals surface area contributed by atoms with Crippen LogP contribution in [0.4, 0.5) is 0 Å². The lowest BCUT2D eigenvalue weighted by molar-refractivity contribution is 0.100. The third-order valence-electron chi connectivity index (χ3n) is 4.05. The second kappa shape index (κ2) is 4.78. The van der Waals surface area contributed by atoms with Crippen molar-refractivity contribution in [1.82, 2.24) is 0 Å². The van der Waals surface area contributed by atoms with Gasteiger partial charge in [-0.15, -0.1) is 0 Å². The van der Waals surface area contributed by atoms with E-state index in [1.165, 1.54) is 0 Å². The van der Waals surface area contributed by atoms with Crippen LogP contribution in [0, 0.1) is 0 Å². The molecule has 4 rings (SSSR count). The van der Waals surface area contributed by atoms with E-state index in [2.05, 4.69) is 0 Å². The second-order valence-corrected chi connectivity index (χ2v) is 5.33. The summed E-state index contributed by atoms with van der Waals surface area (Å²) >= 11 is 0. The van der Waals surface area contributed by atoms with E-state index < -0.39 is 0 Å². The van der Waals surface area contributed by atoms with Crippen LogP contribution >= 0.6 is 0 Å². The molecule has 0 saturated carbocycles. The largest absolute Gasteiger partial charge is 0.289 e. The Morgan fingerprint density at radius 2 is 0.909 bits per heavy atom. The predicted molar refractivity (Wildman–Crippen MR) is 86.6 cm³/mol. The van der Waals surface area contributed by atoms with Crippen LogP contribution < -0.4 is 0 Å². The number of hydrogen-bond acceptors (Lipinski definition) is 2. The Morgan fingerprint density at radius 3 is 1.36 bits per heavy atom. The summed E-state index contributed by atoms with van der Waals surface area (Å²) in [5.74, 6) is -0.184. The summed E-state index contributed by atoms with van der Waals surface area (Å²) in [6.07, 6.45) is 7.27. The van der Waals surface area contributed by atoms with E-state index in [0.29, 0.717) is 22.3 Å². The molecule has 2 nitrogen and oxygen atoms in total. The first-order valence-electron chi connectivity index (χ1n) is 7.13. The first-order valence-corrected chi connectivity index (χ1v) is 7.13. The molecule has 2 aromatic rings. The smallest absolute Gasteiger partial charge is 0.194 e. The monoisotopic (exact) mass is 284 g/mol. The minimum atomic E-state index is -0.0921. The molecule has 22 heavy (non-hydrogen) atoms. The summed E-state index contributed by atoms with van der Waals surface area (Å²) in [4.78, 5) is 25.4. The summed E-state index contributed by atoms with van der Waals surface area (Å²) in [5.41, 5.74) is 4.01. The van der Waals surface area contributed by atoms with Gasteiger partial charge in [0.15, 0.2) is 11.6 Å². The lowest BCUT2D eigenvalue weighted by atomic mass is 9.84. The maximum Gasteiger partial charge on any atom is 0.194 e. The average Bonchev–Trinajstić information content (AvgIpc) is 2.57. The second-order valence-electron chi connectivity index (χ2n) is 5.33. The standard InChI is InChI=1S/C20H12O2/c21-19-15-7-3-1-5-13(15)9-11-17(19)18-12-10-14-6-2-4-8-16(14)20(18)22/h1-12H. The topological polar surface area (TPSA) is 34.1 Å².